The molecule has 3 rings (SSSR count). The second-order valence-electron chi connectivity index (χ2n) is 4.10. The maximum atomic E-state index is 10.5. The monoisotopic (exact) mass is 302 g/mol. The van der Waals surface area contributed by atoms with E-state index in [4.69, 9.17) is 0 Å². The van der Waals surface area contributed by atoms with Crippen LogP contribution in [-0.2, 0) is 6.54 Å². The van der Waals surface area contributed by atoms with Crippen LogP contribution in [0, 0.1) is 10.1 Å². The number of rotatable bonds is 5. The highest BCUT2D eigenvalue weighted by molar-refractivity contribution is 7.13. The van der Waals surface area contributed by atoms with Crippen molar-refractivity contribution >= 4 is 22.8 Å². The summed E-state index contributed by atoms with van der Waals surface area (Å²) >= 11 is 1.57. The Hall–Kier alpha value is -2.81. The lowest BCUT2D eigenvalue weighted by molar-refractivity contribution is -0.385. The van der Waals surface area contributed by atoms with Gasteiger partial charge in [0, 0.05) is 6.07 Å². The molecule has 0 radical (unpaired) electrons. The molecule has 3 aromatic rings. The van der Waals surface area contributed by atoms with Crippen molar-refractivity contribution in [1.82, 2.24) is 20.2 Å². The summed E-state index contributed by atoms with van der Waals surface area (Å²) in [7, 11) is 0. The Balaban J connectivity index is 1.64. The van der Waals surface area contributed by atoms with Crippen LogP contribution in [0.2, 0.25) is 0 Å². The van der Waals surface area contributed by atoms with E-state index >= 15 is 0 Å². The quantitative estimate of drug-likeness (QED) is 0.553. The van der Waals surface area contributed by atoms with Gasteiger partial charge >= 0.3 is 0 Å². The normalized spacial score (nSPS) is 10.5. The van der Waals surface area contributed by atoms with Gasteiger partial charge in [0.25, 0.3) is 5.69 Å². The number of H-pyrrole nitrogens is 1. The van der Waals surface area contributed by atoms with Crippen LogP contribution in [0.3, 0.4) is 0 Å². The Bertz CT molecular complexity index is 737. The van der Waals surface area contributed by atoms with Crippen molar-refractivity contribution < 1.29 is 4.92 Å². The molecule has 3 heterocycles. The molecule has 9 heteroatoms. The average molecular weight is 302 g/mol. The van der Waals surface area contributed by atoms with Crippen LogP contribution < -0.4 is 5.32 Å². The summed E-state index contributed by atoms with van der Waals surface area (Å²) < 4.78 is 0. The lowest BCUT2D eigenvalue weighted by Gasteiger charge is -2.01. The molecule has 0 aliphatic carbocycles. The van der Waals surface area contributed by atoms with E-state index in [1.165, 1.54) is 12.3 Å². The molecule has 0 spiro atoms. The standard InChI is InChI=1S/C12H10N6O2S/c19-18(20)8-3-4-10(13-6-8)14-7-11-15-12(17-16-11)9-2-1-5-21-9/h1-6H,7H2,(H,13,14)(H,15,16,17). The number of nitro groups is 1. The molecule has 2 N–H and O–H groups in total. The van der Waals surface area contributed by atoms with Crippen LogP contribution in [0.25, 0.3) is 10.7 Å². The first-order chi connectivity index (χ1) is 10.2. The van der Waals surface area contributed by atoms with Gasteiger partial charge in [-0.1, -0.05) is 6.07 Å². The minimum Gasteiger partial charge on any atom is -0.363 e. The van der Waals surface area contributed by atoms with E-state index in [0.717, 1.165) is 4.88 Å². The van der Waals surface area contributed by atoms with Crippen LogP contribution in [0.4, 0.5) is 11.5 Å². The Morgan fingerprint density at radius 3 is 2.95 bits per heavy atom. The first-order valence-electron chi connectivity index (χ1n) is 6.02. The van der Waals surface area contributed by atoms with Crippen molar-refractivity contribution in [3.8, 4) is 10.7 Å². The molecule has 0 saturated carbocycles. The third kappa shape index (κ3) is 3.03. The van der Waals surface area contributed by atoms with Gasteiger partial charge < -0.3 is 5.32 Å². The fourth-order valence-corrected chi connectivity index (χ4v) is 2.32. The molecule has 8 nitrogen and oxygen atoms in total. The van der Waals surface area contributed by atoms with Gasteiger partial charge in [-0.15, -0.1) is 11.3 Å². The van der Waals surface area contributed by atoms with E-state index in [2.05, 4.69) is 25.5 Å². The smallest absolute Gasteiger partial charge is 0.287 e. The van der Waals surface area contributed by atoms with E-state index in [0.29, 0.717) is 24.0 Å². The Kier molecular flexibility index (Phi) is 3.56. The summed E-state index contributed by atoms with van der Waals surface area (Å²) in [6.07, 6.45) is 1.21. The van der Waals surface area contributed by atoms with Gasteiger partial charge in [0.1, 0.15) is 17.8 Å². The second kappa shape index (κ2) is 5.67. The maximum Gasteiger partial charge on any atom is 0.287 e. The molecule has 0 atom stereocenters. The van der Waals surface area contributed by atoms with Gasteiger partial charge in [0.15, 0.2) is 5.82 Å². The van der Waals surface area contributed by atoms with Crippen LogP contribution in [-0.4, -0.2) is 25.1 Å². The number of nitrogens with zero attached hydrogens (tertiary/aromatic N) is 4. The first kappa shape index (κ1) is 13.2. The molecule has 21 heavy (non-hydrogen) atoms. The highest BCUT2D eigenvalue weighted by atomic mass is 32.1. The number of pyridine rings is 1. The fourth-order valence-electron chi connectivity index (χ4n) is 1.66. The Labute approximate surface area is 123 Å². The van der Waals surface area contributed by atoms with Gasteiger partial charge in [-0.25, -0.2) is 9.97 Å². The first-order valence-corrected chi connectivity index (χ1v) is 6.90. The van der Waals surface area contributed by atoms with Crippen LogP contribution in [0.15, 0.2) is 35.8 Å². The zero-order valence-corrected chi connectivity index (χ0v) is 11.5. The van der Waals surface area contributed by atoms with Crippen molar-refractivity contribution in [2.75, 3.05) is 5.32 Å². The molecule has 0 saturated heterocycles. The molecule has 0 bridgehead atoms. The van der Waals surface area contributed by atoms with Crippen molar-refractivity contribution in [2.45, 2.75) is 6.54 Å². The number of hydrogen-bond acceptors (Lipinski definition) is 7. The van der Waals surface area contributed by atoms with E-state index in [1.54, 1.807) is 17.4 Å². The van der Waals surface area contributed by atoms with Crippen LogP contribution in [0.1, 0.15) is 5.82 Å². The zero-order valence-electron chi connectivity index (χ0n) is 10.7. The van der Waals surface area contributed by atoms with Crippen molar-refractivity contribution in [3.05, 3.63) is 51.8 Å². The SMILES string of the molecule is O=[N+]([O-])c1ccc(NCc2nc(-c3cccs3)n[nH]2)nc1. The van der Waals surface area contributed by atoms with Gasteiger partial charge in [0.2, 0.25) is 0 Å². The second-order valence-corrected chi connectivity index (χ2v) is 5.04. The zero-order chi connectivity index (χ0) is 14.7. The Morgan fingerprint density at radius 2 is 2.29 bits per heavy atom. The number of aromatic amines is 1. The topological polar surface area (TPSA) is 110 Å². The molecule has 0 aliphatic heterocycles. The molecular weight excluding hydrogens is 292 g/mol. The third-order valence-electron chi connectivity index (χ3n) is 2.67. The fraction of sp³-hybridized carbons (Fsp3) is 0.0833. The maximum absolute atomic E-state index is 10.5. The summed E-state index contributed by atoms with van der Waals surface area (Å²) in [6.45, 7) is 0.406. The number of anilines is 1. The third-order valence-corrected chi connectivity index (χ3v) is 3.53. The van der Waals surface area contributed by atoms with Gasteiger partial charge in [-0.3, -0.25) is 15.2 Å². The van der Waals surface area contributed by atoms with Crippen molar-refractivity contribution in [2.24, 2.45) is 0 Å². The summed E-state index contributed by atoms with van der Waals surface area (Å²) in [6, 6.07) is 6.83. The Morgan fingerprint density at radius 1 is 1.38 bits per heavy atom. The average Bonchev–Trinajstić information content (AvgIpc) is 3.16. The minimum atomic E-state index is -0.486. The number of nitrogens with one attached hydrogen (secondary N) is 2. The lowest BCUT2D eigenvalue weighted by atomic mass is 10.4. The molecular formula is C12H10N6O2S. The lowest BCUT2D eigenvalue weighted by Crippen LogP contribution is -2.03. The largest absolute Gasteiger partial charge is 0.363 e. The van der Waals surface area contributed by atoms with Crippen LogP contribution >= 0.6 is 11.3 Å². The number of hydrogen-bond donors (Lipinski definition) is 2. The van der Waals surface area contributed by atoms with E-state index in [1.807, 2.05) is 17.5 Å². The number of thiophene rings is 1. The van der Waals surface area contributed by atoms with Crippen LogP contribution in [0.5, 0.6) is 0 Å². The molecule has 0 fully saturated rings. The highest BCUT2D eigenvalue weighted by Crippen LogP contribution is 2.20. The van der Waals surface area contributed by atoms with Gasteiger partial charge in [-0.2, -0.15) is 5.10 Å². The van der Waals surface area contributed by atoms with Gasteiger partial charge in [-0.05, 0) is 17.5 Å². The number of aromatic nitrogens is 4. The van der Waals surface area contributed by atoms with E-state index in [-0.39, 0.29) is 5.69 Å². The predicted molar refractivity (Wildman–Crippen MR) is 77.9 cm³/mol. The molecule has 106 valence electrons. The predicted octanol–water partition coefficient (Wildman–Crippen LogP) is 2.45. The molecule has 3 aromatic heterocycles. The summed E-state index contributed by atoms with van der Waals surface area (Å²) in [5.74, 6) is 1.85. The highest BCUT2D eigenvalue weighted by Gasteiger charge is 2.08. The summed E-state index contributed by atoms with van der Waals surface area (Å²) in [5.41, 5.74) is -0.0415. The molecule has 0 aromatic carbocycles. The summed E-state index contributed by atoms with van der Waals surface area (Å²) in [5, 5.41) is 22.5. The van der Waals surface area contributed by atoms with Gasteiger partial charge in [0.05, 0.1) is 16.3 Å². The minimum absolute atomic E-state index is 0.0415. The summed E-state index contributed by atoms with van der Waals surface area (Å²) in [4.78, 5) is 19.4. The molecule has 0 amide bonds. The molecule has 0 unspecified atom stereocenters. The van der Waals surface area contributed by atoms with E-state index in [9.17, 15) is 10.1 Å². The van der Waals surface area contributed by atoms with E-state index < -0.39 is 4.92 Å². The van der Waals surface area contributed by atoms with Crippen molar-refractivity contribution in [1.29, 1.82) is 0 Å². The van der Waals surface area contributed by atoms with Crippen molar-refractivity contribution in [3.63, 3.8) is 0 Å². The molecule has 0 aliphatic rings.